The minimum atomic E-state index is -0.420. The number of ether oxygens (including phenoxy) is 1. The summed E-state index contributed by atoms with van der Waals surface area (Å²) in [5.41, 5.74) is 3.31. The van der Waals surface area contributed by atoms with Crippen LogP contribution in [0.25, 0.3) is 0 Å². The van der Waals surface area contributed by atoms with E-state index < -0.39 is 7.12 Å². The second kappa shape index (κ2) is 6.38. The molecule has 146 valence electrons. The first-order chi connectivity index (χ1) is 13.9. The molecule has 0 unspecified atom stereocenters. The van der Waals surface area contributed by atoms with Crippen molar-refractivity contribution in [3.8, 4) is 11.5 Å². The Bertz CT molecular complexity index is 1050. The number of nitrogens with zero attached hydrogens (tertiary/aromatic N) is 1. The summed E-state index contributed by atoms with van der Waals surface area (Å²) in [6.07, 6.45) is 0. The smallest absolute Gasteiger partial charge is 0.453 e. The van der Waals surface area contributed by atoms with Crippen molar-refractivity contribution < 1.29 is 14.0 Å². The second-order valence-electron chi connectivity index (χ2n) is 8.56. The minimum absolute atomic E-state index is 0.378. The molecule has 5 rings (SSSR count). The zero-order valence-corrected chi connectivity index (χ0v) is 17.2. The number of rotatable bonds is 2. The summed E-state index contributed by atoms with van der Waals surface area (Å²) in [6.45, 7) is 8.26. The van der Waals surface area contributed by atoms with Crippen LogP contribution in [-0.4, -0.2) is 18.3 Å². The average Bonchev–Trinajstić information content (AvgIpc) is 2.93. The molecule has 2 aliphatic rings. The van der Waals surface area contributed by atoms with Crippen LogP contribution in [-0.2, 0) is 9.31 Å². The number of benzene rings is 3. The summed E-state index contributed by atoms with van der Waals surface area (Å²) in [4.78, 5) is 2.22. The van der Waals surface area contributed by atoms with Crippen LogP contribution in [0.3, 0.4) is 0 Å². The molecule has 0 spiro atoms. The largest absolute Gasteiger partial charge is 0.494 e. The van der Waals surface area contributed by atoms with E-state index in [0.29, 0.717) is 0 Å². The number of para-hydroxylation sites is 3. The fourth-order valence-corrected chi connectivity index (χ4v) is 3.75. The van der Waals surface area contributed by atoms with Crippen LogP contribution >= 0.6 is 0 Å². The van der Waals surface area contributed by atoms with Gasteiger partial charge in [-0.05, 0) is 69.6 Å². The third kappa shape index (κ3) is 2.93. The highest BCUT2D eigenvalue weighted by molar-refractivity contribution is 6.62. The molecule has 0 amide bonds. The van der Waals surface area contributed by atoms with Gasteiger partial charge in [-0.15, -0.1) is 0 Å². The van der Waals surface area contributed by atoms with Gasteiger partial charge in [-0.2, -0.15) is 0 Å². The standard InChI is InChI=1S/C24H24BNO3/c1-23(2)24(3,4)29-25(28-23)17-14-15-20-22(16-17)27-21-13-9-8-12-19(21)26(20)18-10-6-5-7-11-18/h5-16H,1-4H3. The van der Waals surface area contributed by atoms with Crippen molar-refractivity contribution in [1.29, 1.82) is 0 Å². The monoisotopic (exact) mass is 385 g/mol. The van der Waals surface area contributed by atoms with Crippen molar-refractivity contribution in [3.05, 3.63) is 72.8 Å². The van der Waals surface area contributed by atoms with E-state index in [9.17, 15) is 0 Å². The van der Waals surface area contributed by atoms with Gasteiger partial charge in [-0.1, -0.05) is 36.4 Å². The Morgan fingerprint density at radius 3 is 2.03 bits per heavy atom. The Hall–Kier alpha value is -2.76. The Balaban J connectivity index is 1.58. The summed E-state index contributed by atoms with van der Waals surface area (Å²) in [6, 6.07) is 24.6. The highest BCUT2D eigenvalue weighted by atomic mass is 16.7. The molecule has 2 heterocycles. The predicted octanol–water partition coefficient (Wildman–Crippen LogP) is 5.56. The number of fused-ring (bicyclic) bond motifs is 2. The predicted molar refractivity (Wildman–Crippen MR) is 117 cm³/mol. The zero-order chi connectivity index (χ0) is 20.2. The molecular formula is C24H24BNO3. The molecule has 0 aliphatic carbocycles. The molecule has 5 heteroatoms. The lowest BCUT2D eigenvalue weighted by Gasteiger charge is -2.33. The molecule has 4 nitrogen and oxygen atoms in total. The summed E-state index contributed by atoms with van der Waals surface area (Å²) in [5.74, 6) is 1.62. The van der Waals surface area contributed by atoms with E-state index in [1.54, 1.807) is 0 Å². The van der Waals surface area contributed by atoms with E-state index in [1.165, 1.54) is 0 Å². The topological polar surface area (TPSA) is 30.9 Å². The van der Waals surface area contributed by atoms with E-state index >= 15 is 0 Å². The fourth-order valence-electron chi connectivity index (χ4n) is 3.75. The SMILES string of the molecule is CC1(C)OB(c2ccc3c(c2)Oc2ccccc2N3c2ccccc2)OC1(C)C. The highest BCUT2D eigenvalue weighted by Crippen LogP contribution is 2.50. The maximum atomic E-state index is 6.28. The van der Waals surface area contributed by atoms with Gasteiger partial charge in [0.2, 0.25) is 0 Å². The maximum absolute atomic E-state index is 6.28. The summed E-state index contributed by atoms with van der Waals surface area (Å²) in [5, 5.41) is 0. The summed E-state index contributed by atoms with van der Waals surface area (Å²) >= 11 is 0. The molecule has 0 atom stereocenters. The minimum Gasteiger partial charge on any atom is -0.453 e. The van der Waals surface area contributed by atoms with Crippen molar-refractivity contribution in [1.82, 2.24) is 0 Å². The van der Waals surface area contributed by atoms with Crippen LogP contribution in [0.5, 0.6) is 11.5 Å². The van der Waals surface area contributed by atoms with E-state index in [1.807, 2.05) is 42.5 Å². The fraction of sp³-hybridized carbons (Fsp3) is 0.250. The van der Waals surface area contributed by atoms with Crippen LogP contribution < -0.4 is 15.1 Å². The lowest BCUT2D eigenvalue weighted by molar-refractivity contribution is 0.00578. The molecule has 2 aliphatic heterocycles. The normalized spacial score (nSPS) is 18.8. The van der Waals surface area contributed by atoms with Crippen LogP contribution in [0.2, 0.25) is 0 Å². The van der Waals surface area contributed by atoms with E-state index in [4.69, 9.17) is 14.0 Å². The third-order valence-corrected chi connectivity index (χ3v) is 6.09. The summed E-state index contributed by atoms with van der Waals surface area (Å²) in [7, 11) is -0.420. The average molecular weight is 385 g/mol. The molecule has 3 aromatic rings. The molecule has 29 heavy (non-hydrogen) atoms. The molecule has 0 radical (unpaired) electrons. The first-order valence-corrected chi connectivity index (χ1v) is 9.97. The lowest BCUT2D eigenvalue weighted by atomic mass is 9.79. The van der Waals surface area contributed by atoms with E-state index in [2.05, 4.69) is 62.9 Å². The Morgan fingerprint density at radius 1 is 0.690 bits per heavy atom. The molecule has 0 N–H and O–H groups in total. The second-order valence-corrected chi connectivity index (χ2v) is 8.56. The first-order valence-electron chi connectivity index (χ1n) is 9.97. The van der Waals surface area contributed by atoms with Gasteiger partial charge in [0.25, 0.3) is 0 Å². The van der Waals surface area contributed by atoms with Crippen molar-refractivity contribution in [2.45, 2.75) is 38.9 Å². The quantitative estimate of drug-likeness (QED) is 0.423. The van der Waals surface area contributed by atoms with Gasteiger partial charge in [0.05, 0.1) is 22.6 Å². The molecule has 1 saturated heterocycles. The molecule has 0 saturated carbocycles. The van der Waals surface area contributed by atoms with Crippen molar-refractivity contribution >= 4 is 29.6 Å². The highest BCUT2D eigenvalue weighted by Gasteiger charge is 2.51. The van der Waals surface area contributed by atoms with Gasteiger partial charge in [0.15, 0.2) is 11.5 Å². The van der Waals surface area contributed by atoms with Gasteiger partial charge in [0.1, 0.15) is 0 Å². The first kappa shape index (κ1) is 18.3. The molecular weight excluding hydrogens is 361 g/mol. The van der Waals surface area contributed by atoms with E-state index in [0.717, 1.165) is 34.0 Å². The van der Waals surface area contributed by atoms with Gasteiger partial charge in [-0.3, -0.25) is 0 Å². The van der Waals surface area contributed by atoms with Crippen molar-refractivity contribution in [2.24, 2.45) is 0 Å². The van der Waals surface area contributed by atoms with Crippen LogP contribution in [0.1, 0.15) is 27.7 Å². The third-order valence-electron chi connectivity index (χ3n) is 6.09. The summed E-state index contributed by atoms with van der Waals surface area (Å²) < 4.78 is 18.7. The maximum Gasteiger partial charge on any atom is 0.494 e. The van der Waals surface area contributed by atoms with Gasteiger partial charge in [0, 0.05) is 5.69 Å². The number of hydrogen-bond acceptors (Lipinski definition) is 4. The van der Waals surface area contributed by atoms with Crippen LogP contribution in [0.4, 0.5) is 17.1 Å². The van der Waals surface area contributed by atoms with Gasteiger partial charge in [-0.25, -0.2) is 0 Å². The Kier molecular flexibility index (Phi) is 4.02. The van der Waals surface area contributed by atoms with E-state index in [-0.39, 0.29) is 11.2 Å². The van der Waals surface area contributed by atoms with Crippen molar-refractivity contribution in [3.63, 3.8) is 0 Å². The number of anilines is 3. The molecule has 3 aromatic carbocycles. The lowest BCUT2D eigenvalue weighted by Crippen LogP contribution is -2.41. The molecule has 0 aromatic heterocycles. The van der Waals surface area contributed by atoms with Gasteiger partial charge < -0.3 is 18.9 Å². The zero-order valence-electron chi connectivity index (χ0n) is 17.2. The Labute approximate surface area is 172 Å². The molecule has 0 bridgehead atoms. The van der Waals surface area contributed by atoms with Crippen LogP contribution in [0.15, 0.2) is 72.8 Å². The van der Waals surface area contributed by atoms with Crippen LogP contribution in [0, 0.1) is 0 Å². The van der Waals surface area contributed by atoms with Crippen molar-refractivity contribution in [2.75, 3.05) is 4.90 Å². The molecule has 1 fully saturated rings. The number of hydrogen-bond donors (Lipinski definition) is 0. The van der Waals surface area contributed by atoms with Gasteiger partial charge >= 0.3 is 7.12 Å². The Morgan fingerprint density at radius 2 is 1.31 bits per heavy atom.